The van der Waals surface area contributed by atoms with Gasteiger partial charge in [-0.05, 0) is 55.2 Å². The van der Waals surface area contributed by atoms with Gasteiger partial charge in [0.2, 0.25) is 11.8 Å². The molecule has 3 rings (SSSR count). The van der Waals surface area contributed by atoms with Crippen LogP contribution in [0.5, 0.6) is 0 Å². The monoisotopic (exact) mass is 384 g/mol. The summed E-state index contributed by atoms with van der Waals surface area (Å²) in [4.78, 5) is 26.6. The third-order valence-electron chi connectivity index (χ3n) is 5.00. The number of carbonyl (C=O) groups excluding carboxylic acids is 2. The average molecular weight is 385 g/mol. The highest BCUT2D eigenvalue weighted by Crippen LogP contribution is 2.29. The Morgan fingerprint density at radius 1 is 1.22 bits per heavy atom. The number of unbranched alkanes of at least 4 members (excludes halogenated alkanes) is 1. The van der Waals surface area contributed by atoms with Gasteiger partial charge in [-0.15, -0.1) is 0 Å². The zero-order valence-electron chi connectivity index (χ0n) is 15.8. The van der Waals surface area contributed by atoms with Crippen molar-refractivity contribution in [3.8, 4) is 0 Å². The van der Waals surface area contributed by atoms with Crippen molar-refractivity contribution in [2.45, 2.75) is 39.5 Å². The molecule has 0 aromatic heterocycles. The van der Waals surface area contributed by atoms with Crippen molar-refractivity contribution < 1.29 is 9.59 Å². The minimum Gasteiger partial charge on any atom is -0.326 e. The zero-order valence-corrected chi connectivity index (χ0v) is 16.6. The SMILES string of the molecule is CCCCc1ccc(NC(=O)[C@@H]2CC(=O)N(c3ccc(C)c(Cl)c3)C2)cc1. The molecule has 1 aliphatic heterocycles. The maximum Gasteiger partial charge on any atom is 0.229 e. The van der Waals surface area contributed by atoms with Crippen molar-refractivity contribution in [1.29, 1.82) is 0 Å². The first-order valence-corrected chi connectivity index (χ1v) is 9.82. The standard InChI is InChI=1S/C22H25ClN2O2/c1-3-4-5-16-7-9-18(10-8-16)24-22(27)17-12-21(26)25(14-17)19-11-6-15(2)20(23)13-19/h6-11,13,17H,3-5,12,14H2,1-2H3,(H,24,27)/t17-/m1/s1. The highest BCUT2D eigenvalue weighted by molar-refractivity contribution is 6.31. The third kappa shape index (κ3) is 4.69. The fourth-order valence-electron chi connectivity index (χ4n) is 3.26. The largest absolute Gasteiger partial charge is 0.326 e. The number of aryl methyl sites for hydroxylation is 2. The first-order valence-electron chi connectivity index (χ1n) is 9.44. The second kappa shape index (κ2) is 8.57. The number of carbonyl (C=O) groups is 2. The van der Waals surface area contributed by atoms with Crippen LogP contribution >= 0.6 is 11.6 Å². The van der Waals surface area contributed by atoms with E-state index in [9.17, 15) is 9.59 Å². The quantitative estimate of drug-likeness (QED) is 0.763. The Labute approximate surface area is 165 Å². The molecule has 0 bridgehead atoms. The Balaban J connectivity index is 1.62. The van der Waals surface area contributed by atoms with E-state index in [1.807, 2.05) is 43.3 Å². The number of nitrogens with one attached hydrogen (secondary N) is 1. The molecule has 1 N–H and O–H groups in total. The number of anilines is 2. The van der Waals surface area contributed by atoms with Gasteiger partial charge in [0.15, 0.2) is 0 Å². The summed E-state index contributed by atoms with van der Waals surface area (Å²) < 4.78 is 0. The molecular formula is C22H25ClN2O2. The van der Waals surface area contributed by atoms with Gasteiger partial charge in [-0.1, -0.05) is 43.1 Å². The lowest BCUT2D eigenvalue weighted by Gasteiger charge is -2.17. The lowest BCUT2D eigenvalue weighted by Crippen LogP contribution is -2.28. The number of nitrogens with zero attached hydrogens (tertiary/aromatic N) is 1. The Kier molecular flexibility index (Phi) is 6.17. The number of rotatable bonds is 6. The molecule has 0 radical (unpaired) electrons. The van der Waals surface area contributed by atoms with Gasteiger partial charge in [0.25, 0.3) is 0 Å². The highest BCUT2D eigenvalue weighted by atomic mass is 35.5. The summed E-state index contributed by atoms with van der Waals surface area (Å²) in [6, 6.07) is 13.5. The molecule has 0 spiro atoms. The molecule has 2 aromatic carbocycles. The van der Waals surface area contributed by atoms with Crippen molar-refractivity contribution in [1.82, 2.24) is 0 Å². The Bertz CT molecular complexity index is 833. The molecular weight excluding hydrogens is 360 g/mol. The predicted molar refractivity (Wildman–Crippen MR) is 110 cm³/mol. The van der Waals surface area contributed by atoms with Crippen LogP contribution in [0.2, 0.25) is 5.02 Å². The molecule has 0 unspecified atom stereocenters. The summed E-state index contributed by atoms with van der Waals surface area (Å²) in [6.45, 7) is 4.46. The van der Waals surface area contributed by atoms with Gasteiger partial charge in [-0.25, -0.2) is 0 Å². The maximum atomic E-state index is 12.6. The molecule has 0 aliphatic carbocycles. The first kappa shape index (κ1) is 19.4. The van der Waals surface area contributed by atoms with Gasteiger partial charge >= 0.3 is 0 Å². The predicted octanol–water partition coefficient (Wildman–Crippen LogP) is 4.98. The zero-order chi connectivity index (χ0) is 19.4. The number of hydrogen-bond donors (Lipinski definition) is 1. The topological polar surface area (TPSA) is 49.4 Å². The van der Waals surface area contributed by atoms with E-state index in [0.717, 1.165) is 36.2 Å². The number of halogens is 1. The van der Waals surface area contributed by atoms with Gasteiger partial charge in [-0.2, -0.15) is 0 Å². The number of amides is 2. The van der Waals surface area contributed by atoms with E-state index >= 15 is 0 Å². The maximum absolute atomic E-state index is 12.6. The molecule has 2 amide bonds. The van der Waals surface area contributed by atoms with Crippen LogP contribution in [0.3, 0.4) is 0 Å². The summed E-state index contributed by atoms with van der Waals surface area (Å²) in [6.07, 6.45) is 3.59. The fourth-order valence-corrected chi connectivity index (χ4v) is 3.44. The lowest BCUT2D eigenvalue weighted by atomic mass is 10.1. The van der Waals surface area contributed by atoms with Crippen LogP contribution in [0.1, 0.15) is 37.3 Å². The van der Waals surface area contributed by atoms with Crippen molar-refractivity contribution in [2.24, 2.45) is 5.92 Å². The molecule has 4 nitrogen and oxygen atoms in total. The second-order valence-electron chi connectivity index (χ2n) is 7.13. The molecule has 1 aliphatic rings. The van der Waals surface area contributed by atoms with Crippen LogP contribution in [0.25, 0.3) is 0 Å². The highest BCUT2D eigenvalue weighted by Gasteiger charge is 2.35. The van der Waals surface area contributed by atoms with E-state index in [4.69, 9.17) is 11.6 Å². The smallest absolute Gasteiger partial charge is 0.229 e. The van der Waals surface area contributed by atoms with Crippen molar-refractivity contribution in [3.63, 3.8) is 0 Å². The molecule has 142 valence electrons. The summed E-state index contributed by atoms with van der Waals surface area (Å²) in [5.41, 5.74) is 3.74. The first-order chi connectivity index (χ1) is 13.0. The molecule has 1 atom stereocenters. The van der Waals surface area contributed by atoms with Gasteiger partial charge in [0.1, 0.15) is 0 Å². The summed E-state index contributed by atoms with van der Waals surface area (Å²) in [5.74, 6) is -0.535. The van der Waals surface area contributed by atoms with Gasteiger partial charge in [0, 0.05) is 29.4 Å². The van der Waals surface area contributed by atoms with E-state index in [-0.39, 0.29) is 24.2 Å². The minimum absolute atomic E-state index is 0.0509. The number of benzene rings is 2. The molecule has 27 heavy (non-hydrogen) atoms. The van der Waals surface area contributed by atoms with Crippen LogP contribution in [0, 0.1) is 12.8 Å². The summed E-state index contributed by atoms with van der Waals surface area (Å²) in [5, 5.41) is 3.56. The Morgan fingerprint density at radius 2 is 1.96 bits per heavy atom. The third-order valence-corrected chi connectivity index (χ3v) is 5.41. The number of hydrogen-bond acceptors (Lipinski definition) is 2. The van der Waals surface area contributed by atoms with Gasteiger partial charge in [-0.3, -0.25) is 9.59 Å². The molecule has 1 heterocycles. The summed E-state index contributed by atoms with van der Waals surface area (Å²) in [7, 11) is 0. The molecule has 0 saturated carbocycles. The van der Waals surface area contributed by atoms with Crippen molar-refractivity contribution in [2.75, 3.05) is 16.8 Å². The van der Waals surface area contributed by atoms with E-state index in [0.29, 0.717) is 11.6 Å². The van der Waals surface area contributed by atoms with Crippen molar-refractivity contribution in [3.05, 3.63) is 58.6 Å². The van der Waals surface area contributed by atoms with E-state index in [1.54, 1.807) is 11.0 Å². The van der Waals surface area contributed by atoms with Gasteiger partial charge in [0.05, 0.1) is 5.92 Å². The molecule has 2 aromatic rings. The minimum atomic E-state index is -0.364. The normalized spacial score (nSPS) is 16.6. The van der Waals surface area contributed by atoms with Gasteiger partial charge < -0.3 is 10.2 Å². The van der Waals surface area contributed by atoms with Crippen LogP contribution in [0.15, 0.2) is 42.5 Å². The van der Waals surface area contributed by atoms with E-state index in [1.165, 1.54) is 5.56 Å². The van der Waals surface area contributed by atoms with E-state index < -0.39 is 0 Å². The van der Waals surface area contributed by atoms with E-state index in [2.05, 4.69) is 12.2 Å². The van der Waals surface area contributed by atoms with Crippen LogP contribution in [-0.2, 0) is 16.0 Å². The molecule has 5 heteroatoms. The lowest BCUT2D eigenvalue weighted by molar-refractivity contribution is -0.122. The fraction of sp³-hybridized carbons (Fsp3) is 0.364. The summed E-state index contributed by atoms with van der Waals surface area (Å²) >= 11 is 6.17. The molecule has 1 fully saturated rings. The van der Waals surface area contributed by atoms with Crippen LogP contribution in [0.4, 0.5) is 11.4 Å². The molecule has 1 saturated heterocycles. The van der Waals surface area contributed by atoms with Crippen LogP contribution in [-0.4, -0.2) is 18.4 Å². The average Bonchev–Trinajstić information content (AvgIpc) is 3.05. The Morgan fingerprint density at radius 3 is 2.63 bits per heavy atom. The second-order valence-corrected chi connectivity index (χ2v) is 7.54. The Hall–Kier alpha value is -2.33. The van der Waals surface area contributed by atoms with Crippen molar-refractivity contribution >= 4 is 34.8 Å². The van der Waals surface area contributed by atoms with Crippen LogP contribution < -0.4 is 10.2 Å².